The Balaban J connectivity index is 1.83. The lowest BCUT2D eigenvalue weighted by molar-refractivity contribution is 0.413. The Morgan fingerprint density at radius 2 is 2.35 bits per heavy atom. The van der Waals surface area contributed by atoms with Crippen LogP contribution < -0.4 is 5.73 Å². The smallest absolute Gasteiger partial charge is 0.276 e. The van der Waals surface area contributed by atoms with Crippen LogP contribution in [0.3, 0.4) is 0 Å². The van der Waals surface area contributed by atoms with Crippen molar-refractivity contribution in [3.8, 4) is 11.6 Å². The van der Waals surface area contributed by atoms with Gasteiger partial charge in [0.15, 0.2) is 5.82 Å². The minimum Gasteiger partial charge on any atom is -0.382 e. The molecule has 1 aliphatic rings. The van der Waals surface area contributed by atoms with Crippen LogP contribution in [0, 0.1) is 5.92 Å². The average Bonchev–Trinajstić information content (AvgIpc) is 2.96. The predicted molar refractivity (Wildman–Crippen MR) is 62.0 cm³/mol. The van der Waals surface area contributed by atoms with Crippen LogP contribution in [0.4, 0.5) is 5.82 Å². The first-order valence-corrected chi connectivity index (χ1v) is 5.87. The summed E-state index contributed by atoms with van der Waals surface area (Å²) in [4.78, 5) is 4.41. The molecule has 2 atom stereocenters. The van der Waals surface area contributed by atoms with Crippen molar-refractivity contribution in [3.05, 3.63) is 11.9 Å². The highest BCUT2D eigenvalue weighted by atomic mass is 16.5. The molecule has 0 bridgehead atoms. The molecule has 3 N–H and O–H groups in total. The second-order valence-electron chi connectivity index (χ2n) is 4.78. The van der Waals surface area contributed by atoms with Crippen molar-refractivity contribution in [1.29, 1.82) is 0 Å². The summed E-state index contributed by atoms with van der Waals surface area (Å²) in [7, 11) is 0. The fourth-order valence-electron chi connectivity index (χ4n) is 2.40. The van der Waals surface area contributed by atoms with Gasteiger partial charge in [0, 0.05) is 12.0 Å². The summed E-state index contributed by atoms with van der Waals surface area (Å²) in [5, 5.41) is 10.6. The van der Waals surface area contributed by atoms with Crippen molar-refractivity contribution in [2.45, 2.75) is 32.1 Å². The van der Waals surface area contributed by atoms with Gasteiger partial charge in [0.25, 0.3) is 5.89 Å². The van der Waals surface area contributed by atoms with Gasteiger partial charge in [-0.15, -0.1) is 0 Å². The highest BCUT2D eigenvalue weighted by molar-refractivity contribution is 5.51. The van der Waals surface area contributed by atoms with E-state index in [4.69, 9.17) is 10.3 Å². The minimum absolute atomic E-state index is 0.425. The van der Waals surface area contributed by atoms with E-state index >= 15 is 0 Å². The molecule has 2 heterocycles. The molecule has 1 fully saturated rings. The maximum atomic E-state index is 5.53. The van der Waals surface area contributed by atoms with E-state index in [0.29, 0.717) is 23.3 Å². The molecule has 17 heavy (non-hydrogen) atoms. The van der Waals surface area contributed by atoms with Crippen LogP contribution in [0.2, 0.25) is 0 Å². The maximum Gasteiger partial charge on any atom is 0.276 e. The third-order valence-electron chi connectivity index (χ3n) is 3.33. The van der Waals surface area contributed by atoms with E-state index in [1.165, 1.54) is 6.42 Å². The van der Waals surface area contributed by atoms with Crippen LogP contribution in [0.15, 0.2) is 10.6 Å². The molecule has 0 aromatic carbocycles. The van der Waals surface area contributed by atoms with Gasteiger partial charge < -0.3 is 10.3 Å². The summed E-state index contributed by atoms with van der Waals surface area (Å²) in [6.45, 7) is 2.26. The van der Waals surface area contributed by atoms with Gasteiger partial charge in [0.05, 0.1) is 0 Å². The first-order chi connectivity index (χ1) is 8.22. The number of hydrogen-bond donors (Lipinski definition) is 2. The summed E-state index contributed by atoms with van der Waals surface area (Å²) < 4.78 is 5.22. The lowest BCUT2D eigenvalue weighted by atomic mass is 10.1. The topological polar surface area (TPSA) is 93.6 Å². The molecule has 90 valence electrons. The molecule has 6 nitrogen and oxygen atoms in total. The monoisotopic (exact) mass is 233 g/mol. The van der Waals surface area contributed by atoms with E-state index in [1.807, 2.05) is 0 Å². The fourth-order valence-corrected chi connectivity index (χ4v) is 2.40. The van der Waals surface area contributed by atoms with E-state index in [1.54, 1.807) is 6.07 Å². The van der Waals surface area contributed by atoms with Gasteiger partial charge in [-0.05, 0) is 25.2 Å². The lowest BCUT2D eigenvalue weighted by Crippen LogP contribution is -1.96. The SMILES string of the molecule is CC1CCC(c2noc(-c3cc(N)n[nH]3)n2)C1. The van der Waals surface area contributed by atoms with Gasteiger partial charge in [-0.25, -0.2) is 0 Å². The Morgan fingerprint density at radius 3 is 3.00 bits per heavy atom. The maximum absolute atomic E-state index is 5.53. The zero-order valence-electron chi connectivity index (χ0n) is 9.68. The fraction of sp³-hybridized carbons (Fsp3) is 0.545. The Morgan fingerprint density at radius 1 is 1.47 bits per heavy atom. The Bertz CT molecular complexity index is 517. The van der Waals surface area contributed by atoms with Crippen molar-refractivity contribution in [2.75, 3.05) is 5.73 Å². The molecular formula is C11H15N5O. The number of hydrogen-bond acceptors (Lipinski definition) is 5. The molecule has 2 unspecified atom stereocenters. The quantitative estimate of drug-likeness (QED) is 0.826. The van der Waals surface area contributed by atoms with Crippen LogP contribution in [-0.2, 0) is 0 Å². The summed E-state index contributed by atoms with van der Waals surface area (Å²) >= 11 is 0. The number of H-pyrrole nitrogens is 1. The first-order valence-electron chi connectivity index (χ1n) is 5.87. The summed E-state index contributed by atoms with van der Waals surface area (Å²) in [6.07, 6.45) is 3.53. The van der Waals surface area contributed by atoms with E-state index in [0.717, 1.165) is 24.6 Å². The van der Waals surface area contributed by atoms with Crippen LogP contribution >= 0.6 is 0 Å². The van der Waals surface area contributed by atoms with Crippen molar-refractivity contribution >= 4 is 5.82 Å². The summed E-state index contributed by atoms with van der Waals surface area (Å²) in [6, 6.07) is 1.69. The van der Waals surface area contributed by atoms with Crippen molar-refractivity contribution in [1.82, 2.24) is 20.3 Å². The number of aromatic nitrogens is 4. The zero-order valence-corrected chi connectivity index (χ0v) is 9.68. The molecule has 0 saturated heterocycles. The Hall–Kier alpha value is -1.85. The molecule has 1 aliphatic carbocycles. The van der Waals surface area contributed by atoms with Crippen LogP contribution in [0.1, 0.15) is 37.9 Å². The van der Waals surface area contributed by atoms with Gasteiger partial charge in [-0.2, -0.15) is 10.1 Å². The minimum atomic E-state index is 0.425. The summed E-state index contributed by atoms with van der Waals surface area (Å²) in [5.41, 5.74) is 6.20. The second-order valence-corrected chi connectivity index (χ2v) is 4.78. The highest BCUT2D eigenvalue weighted by Crippen LogP contribution is 2.37. The standard InChI is InChI=1S/C11H15N5O/c1-6-2-3-7(4-6)10-13-11(17-16-10)8-5-9(12)15-14-8/h5-7H,2-4H2,1H3,(H3,12,14,15). The molecule has 2 aromatic heterocycles. The number of rotatable bonds is 2. The zero-order chi connectivity index (χ0) is 11.8. The molecule has 6 heteroatoms. The number of nitrogens with zero attached hydrogens (tertiary/aromatic N) is 3. The molecule has 0 aliphatic heterocycles. The molecule has 0 amide bonds. The van der Waals surface area contributed by atoms with Crippen LogP contribution in [0.5, 0.6) is 0 Å². The number of anilines is 1. The number of nitrogens with one attached hydrogen (secondary N) is 1. The normalized spacial score (nSPS) is 24.3. The van der Waals surface area contributed by atoms with E-state index in [9.17, 15) is 0 Å². The van der Waals surface area contributed by atoms with Gasteiger partial charge in [-0.1, -0.05) is 12.1 Å². The largest absolute Gasteiger partial charge is 0.382 e. The number of nitrogens with two attached hydrogens (primary N) is 1. The molecule has 0 radical (unpaired) electrons. The Labute approximate surface area is 98.6 Å². The van der Waals surface area contributed by atoms with Crippen LogP contribution in [0.25, 0.3) is 11.6 Å². The van der Waals surface area contributed by atoms with Gasteiger partial charge in [0.2, 0.25) is 0 Å². The third kappa shape index (κ3) is 1.90. The predicted octanol–water partition coefficient (Wildman–Crippen LogP) is 1.95. The average molecular weight is 233 g/mol. The molecular weight excluding hydrogens is 218 g/mol. The number of nitrogen functional groups attached to an aromatic ring is 1. The number of aromatic amines is 1. The van der Waals surface area contributed by atoms with E-state index in [2.05, 4.69) is 27.3 Å². The summed E-state index contributed by atoms with van der Waals surface area (Å²) in [5.74, 6) is 2.88. The van der Waals surface area contributed by atoms with Crippen LogP contribution in [-0.4, -0.2) is 20.3 Å². The molecule has 0 spiro atoms. The van der Waals surface area contributed by atoms with Gasteiger partial charge >= 0.3 is 0 Å². The van der Waals surface area contributed by atoms with E-state index in [-0.39, 0.29) is 0 Å². The Kier molecular flexibility index (Phi) is 2.35. The molecule has 2 aromatic rings. The van der Waals surface area contributed by atoms with Crippen molar-refractivity contribution in [3.63, 3.8) is 0 Å². The molecule has 1 saturated carbocycles. The van der Waals surface area contributed by atoms with Gasteiger partial charge in [0.1, 0.15) is 11.5 Å². The van der Waals surface area contributed by atoms with Gasteiger partial charge in [-0.3, -0.25) is 5.10 Å². The third-order valence-corrected chi connectivity index (χ3v) is 3.33. The van der Waals surface area contributed by atoms with Crippen molar-refractivity contribution in [2.24, 2.45) is 5.92 Å². The molecule has 3 rings (SSSR count). The first kappa shape index (κ1) is 10.3. The second kappa shape index (κ2) is 3.87. The van der Waals surface area contributed by atoms with E-state index < -0.39 is 0 Å². The van der Waals surface area contributed by atoms with Crippen molar-refractivity contribution < 1.29 is 4.52 Å². The lowest BCUT2D eigenvalue weighted by Gasteiger charge is -2.01. The highest BCUT2D eigenvalue weighted by Gasteiger charge is 2.27.